The molecule has 1 aliphatic rings. The predicted molar refractivity (Wildman–Crippen MR) is 103 cm³/mol. The van der Waals surface area contributed by atoms with Gasteiger partial charge in [0.2, 0.25) is 10.0 Å². The van der Waals surface area contributed by atoms with Crippen LogP contribution in [0.2, 0.25) is 0 Å². The minimum Gasteiger partial charge on any atom is -0.455 e. The normalized spacial score (nSPS) is 15.6. The number of carbonyl (C=O) groups is 2. The molecule has 27 heavy (non-hydrogen) atoms. The highest BCUT2D eigenvalue weighted by Gasteiger charge is 2.17. The molecular formula is C19H26N2O5S. The lowest BCUT2D eigenvalue weighted by Gasteiger charge is -2.22. The average molecular weight is 394 g/mol. The summed E-state index contributed by atoms with van der Waals surface area (Å²) >= 11 is 0. The lowest BCUT2D eigenvalue weighted by Crippen LogP contribution is -2.39. The number of rotatable bonds is 8. The molecule has 0 heterocycles. The molecule has 0 bridgehead atoms. The molecule has 1 aromatic rings. The van der Waals surface area contributed by atoms with Gasteiger partial charge in [-0.05, 0) is 31.4 Å². The van der Waals surface area contributed by atoms with Gasteiger partial charge in [-0.2, -0.15) is 0 Å². The van der Waals surface area contributed by atoms with E-state index in [-0.39, 0.29) is 11.9 Å². The van der Waals surface area contributed by atoms with E-state index in [1.165, 1.54) is 12.5 Å². The minimum absolute atomic E-state index is 0.135. The van der Waals surface area contributed by atoms with Gasteiger partial charge in [-0.3, -0.25) is 9.59 Å². The van der Waals surface area contributed by atoms with Crippen LogP contribution in [0.1, 0.15) is 43.2 Å². The van der Waals surface area contributed by atoms with E-state index < -0.39 is 29.1 Å². The summed E-state index contributed by atoms with van der Waals surface area (Å²) in [6.45, 7) is 1.00. The molecule has 7 nitrogen and oxygen atoms in total. The third-order valence-corrected chi connectivity index (χ3v) is 5.31. The highest BCUT2D eigenvalue weighted by molar-refractivity contribution is 7.92. The van der Waals surface area contributed by atoms with Gasteiger partial charge in [-0.15, -0.1) is 0 Å². The lowest BCUT2D eigenvalue weighted by molar-refractivity contribution is -0.147. The molecule has 0 unspecified atom stereocenters. The first-order valence-electron chi connectivity index (χ1n) is 9.03. The third-order valence-electron chi connectivity index (χ3n) is 4.27. The van der Waals surface area contributed by atoms with Crippen LogP contribution >= 0.6 is 0 Å². The number of carbonyl (C=O) groups excluding carboxylic acids is 2. The van der Waals surface area contributed by atoms with Crippen LogP contribution in [-0.2, 0) is 24.3 Å². The average Bonchev–Trinajstić information content (AvgIpc) is 2.65. The highest BCUT2D eigenvalue weighted by Crippen LogP contribution is 2.17. The van der Waals surface area contributed by atoms with Crippen molar-refractivity contribution in [3.05, 3.63) is 40.8 Å². The predicted octanol–water partition coefficient (Wildman–Crippen LogP) is 1.88. The number of hydrogen-bond donors (Lipinski definition) is 2. The smallest absolute Gasteiger partial charge is 0.321 e. The SMILES string of the molecule is Cc1ccc(/C=C/S(=O)(=O)NCC(=O)OCC(=O)NC2CCCCC2)cc1. The van der Waals surface area contributed by atoms with Gasteiger partial charge >= 0.3 is 5.97 Å². The zero-order valence-corrected chi connectivity index (χ0v) is 16.3. The summed E-state index contributed by atoms with van der Waals surface area (Å²) < 4.78 is 30.7. The highest BCUT2D eigenvalue weighted by atomic mass is 32.2. The maximum atomic E-state index is 11.9. The van der Waals surface area contributed by atoms with Crippen LogP contribution in [0.5, 0.6) is 0 Å². The number of amides is 1. The summed E-state index contributed by atoms with van der Waals surface area (Å²) in [5.41, 5.74) is 1.80. The van der Waals surface area contributed by atoms with E-state index in [1.807, 2.05) is 19.1 Å². The van der Waals surface area contributed by atoms with Crippen molar-refractivity contribution < 1.29 is 22.7 Å². The van der Waals surface area contributed by atoms with Gasteiger partial charge in [0.05, 0.1) is 0 Å². The molecule has 1 aliphatic carbocycles. The maximum absolute atomic E-state index is 11.9. The van der Waals surface area contributed by atoms with Gasteiger partial charge < -0.3 is 10.1 Å². The monoisotopic (exact) mass is 394 g/mol. The Kier molecular flexibility index (Phi) is 7.99. The van der Waals surface area contributed by atoms with E-state index in [0.717, 1.165) is 42.2 Å². The largest absolute Gasteiger partial charge is 0.455 e. The summed E-state index contributed by atoms with van der Waals surface area (Å²) in [6.07, 6.45) is 6.66. The van der Waals surface area contributed by atoms with E-state index in [0.29, 0.717) is 0 Å². The molecule has 2 rings (SSSR count). The molecule has 2 N–H and O–H groups in total. The van der Waals surface area contributed by atoms with Crippen LogP contribution in [0.15, 0.2) is 29.7 Å². The molecule has 0 spiro atoms. The second-order valence-corrected chi connectivity index (χ2v) is 8.29. The molecule has 1 saturated carbocycles. The van der Waals surface area contributed by atoms with E-state index in [2.05, 4.69) is 10.0 Å². The van der Waals surface area contributed by atoms with Crippen LogP contribution < -0.4 is 10.0 Å². The topological polar surface area (TPSA) is 102 Å². The number of esters is 1. The van der Waals surface area contributed by atoms with Gasteiger partial charge in [0.25, 0.3) is 5.91 Å². The summed E-state index contributed by atoms with van der Waals surface area (Å²) in [7, 11) is -3.78. The molecule has 1 amide bonds. The Bertz CT molecular complexity index is 766. The number of benzene rings is 1. The molecule has 0 saturated heterocycles. The van der Waals surface area contributed by atoms with Crippen molar-refractivity contribution in [1.29, 1.82) is 0 Å². The van der Waals surface area contributed by atoms with E-state index in [1.54, 1.807) is 12.1 Å². The summed E-state index contributed by atoms with van der Waals surface area (Å²) in [5.74, 6) is -1.17. The summed E-state index contributed by atoms with van der Waals surface area (Å²) in [4.78, 5) is 23.4. The first kappa shape index (κ1) is 21.1. The summed E-state index contributed by atoms with van der Waals surface area (Å²) in [6, 6.07) is 7.46. The Morgan fingerprint density at radius 1 is 1.15 bits per heavy atom. The van der Waals surface area contributed by atoms with Crippen LogP contribution in [0, 0.1) is 6.92 Å². The van der Waals surface area contributed by atoms with E-state index in [4.69, 9.17) is 4.74 Å². The van der Waals surface area contributed by atoms with Crippen molar-refractivity contribution in [2.75, 3.05) is 13.2 Å². The molecule has 8 heteroatoms. The Labute approximate surface area is 160 Å². The first-order valence-corrected chi connectivity index (χ1v) is 10.6. The fourth-order valence-electron chi connectivity index (χ4n) is 2.77. The first-order chi connectivity index (χ1) is 12.8. The minimum atomic E-state index is -3.78. The fraction of sp³-hybridized carbons (Fsp3) is 0.474. The van der Waals surface area contributed by atoms with Gasteiger partial charge in [-0.25, -0.2) is 13.1 Å². The number of aryl methyl sites for hydroxylation is 1. The zero-order valence-electron chi connectivity index (χ0n) is 15.4. The molecule has 0 radical (unpaired) electrons. The Morgan fingerprint density at radius 2 is 1.81 bits per heavy atom. The second-order valence-electron chi connectivity index (χ2n) is 6.64. The van der Waals surface area contributed by atoms with E-state index in [9.17, 15) is 18.0 Å². The van der Waals surface area contributed by atoms with Crippen molar-refractivity contribution in [2.45, 2.75) is 45.1 Å². The molecular weight excluding hydrogens is 368 g/mol. The van der Waals surface area contributed by atoms with Crippen LogP contribution in [0.4, 0.5) is 0 Å². The van der Waals surface area contributed by atoms with Crippen molar-refractivity contribution in [3.63, 3.8) is 0 Å². The number of sulfonamides is 1. The van der Waals surface area contributed by atoms with Crippen molar-refractivity contribution >= 4 is 28.0 Å². The Morgan fingerprint density at radius 3 is 2.48 bits per heavy atom. The Hall–Kier alpha value is -2.19. The van der Waals surface area contributed by atoms with Crippen LogP contribution in [-0.4, -0.2) is 39.5 Å². The van der Waals surface area contributed by atoms with Crippen LogP contribution in [0.3, 0.4) is 0 Å². The number of hydrogen-bond acceptors (Lipinski definition) is 5. The standard InChI is InChI=1S/C19H26N2O5S/c1-15-7-9-16(10-8-15)11-12-27(24,25)20-13-19(23)26-14-18(22)21-17-5-3-2-4-6-17/h7-12,17,20H,2-6,13-14H2,1H3,(H,21,22)/b12-11+. The van der Waals surface area contributed by atoms with Gasteiger partial charge in [0.1, 0.15) is 6.54 Å². The van der Waals surface area contributed by atoms with Crippen molar-refractivity contribution in [2.24, 2.45) is 0 Å². The maximum Gasteiger partial charge on any atom is 0.321 e. The van der Waals surface area contributed by atoms with Gasteiger partial charge in [0, 0.05) is 11.4 Å². The second kappa shape index (κ2) is 10.2. The van der Waals surface area contributed by atoms with Gasteiger partial charge in [-0.1, -0.05) is 49.1 Å². The fourth-order valence-corrected chi connectivity index (χ4v) is 3.52. The lowest BCUT2D eigenvalue weighted by atomic mass is 9.95. The van der Waals surface area contributed by atoms with Crippen LogP contribution in [0.25, 0.3) is 6.08 Å². The quantitative estimate of drug-likeness (QED) is 0.656. The molecule has 148 valence electrons. The van der Waals surface area contributed by atoms with Crippen molar-refractivity contribution in [3.8, 4) is 0 Å². The summed E-state index contributed by atoms with van der Waals surface area (Å²) in [5, 5.41) is 3.81. The van der Waals surface area contributed by atoms with Gasteiger partial charge in [0.15, 0.2) is 6.61 Å². The molecule has 1 aromatic carbocycles. The Balaban J connectivity index is 1.70. The molecule has 0 atom stereocenters. The van der Waals surface area contributed by atoms with E-state index >= 15 is 0 Å². The molecule has 0 aromatic heterocycles. The van der Waals surface area contributed by atoms with Crippen molar-refractivity contribution in [1.82, 2.24) is 10.0 Å². The number of nitrogens with one attached hydrogen (secondary N) is 2. The molecule has 1 fully saturated rings. The zero-order chi connectivity index (χ0) is 19.7. The third kappa shape index (κ3) is 8.36. The number of ether oxygens (including phenoxy) is 1. The molecule has 0 aliphatic heterocycles.